The Morgan fingerprint density at radius 1 is 1.08 bits per heavy atom. The molecule has 0 fully saturated rings. The molecule has 0 aliphatic carbocycles. The Morgan fingerprint density at radius 2 is 1.81 bits per heavy atom. The van der Waals surface area contributed by atoms with E-state index in [2.05, 4.69) is 5.32 Å². The first-order valence-electron chi connectivity index (χ1n) is 11.9. The van der Waals surface area contributed by atoms with E-state index in [4.69, 9.17) is 32.7 Å². The van der Waals surface area contributed by atoms with Gasteiger partial charge in [0.15, 0.2) is 11.5 Å². The lowest BCUT2D eigenvalue weighted by molar-refractivity contribution is -0.141. The smallest absolute Gasteiger partial charge is 0.242 e. The summed E-state index contributed by atoms with van der Waals surface area (Å²) >= 11 is 12.4. The van der Waals surface area contributed by atoms with E-state index in [0.717, 1.165) is 6.26 Å². The standard InChI is InChI=1S/C25H31Cl2N3O6S/c1-4-21(25(32)28-5-2)29(15-17-8-9-18(26)13-20(17)27)24(31)7-6-12-30(37(3,33)34)19-10-11-22-23(14-19)36-16-35-22/h8-11,13-14,21H,4-7,12,15-16H2,1-3H3,(H,28,32)/t21-/m1/s1. The van der Waals surface area contributed by atoms with Crippen molar-refractivity contribution in [3.8, 4) is 11.5 Å². The Hall–Kier alpha value is -2.69. The summed E-state index contributed by atoms with van der Waals surface area (Å²) in [5.41, 5.74) is 1.07. The van der Waals surface area contributed by atoms with Crippen molar-refractivity contribution in [2.24, 2.45) is 0 Å². The number of carbonyl (C=O) groups excluding carboxylic acids is 2. The van der Waals surface area contributed by atoms with Gasteiger partial charge < -0.3 is 19.7 Å². The third-order valence-corrected chi connectivity index (χ3v) is 7.67. The zero-order valence-corrected chi connectivity index (χ0v) is 23.3. The number of carbonyl (C=O) groups is 2. The van der Waals surface area contributed by atoms with Gasteiger partial charge in [-0.05, 0) is 49.6 Å². The van der Waals surface area contributed by atoms with Crippen LogP contribution in [-0.4, -0.2) is 57.3 Å². The van der Waals surface area contributed by atoms with Gasteiger partial charge in [0, 0.05) is 42.2 Å². The highest BCUT2D eigenvalue weighted by Crippen LogP contribution is 2.36. The quantitative estimate of drug-likeness (QED) is 0.409. The molecule has 2 aromatic rings. The second-order valence-electron chi connectivity index (χ2n) is 8.55. The second kappa shape index (κ2) is 12.7. The van der Waals surface area contributed by atoms with Crippen LogP contribution in [0.2, 0.25) is 10.0 Å². The van der Waals surface area contributed by atoms with Crippen LogP contribution < -0.4 is 19.1 Å². The van der Waals surface area contributed by atoms with Gasteiger partial charge in [-0.3, -0.25) is 13.9 Å². The topological polar surface area (TPSA) is 105 Å². The Labute approximate surface area is 227 Å². The van der Waals surface area contributed by atoms with Crippen molar-refractivity contribution in [1.82, 2.24) is 10.2 Å². The number of rotatable bonds is 12. The molecule has 1 aliphatic heterocycles. The maximum absolute atomic E-state index is 13.4. The normalized spacial score (nSPS) is 13.2. The molecule has 37 heavy (non-hydrogen) atoms. The number of nitrogens with one attached hydrogen (secondary N) is 1. The van der Waals surface area contributed by atoms with Crippen molar-refractivity contribution in [1.29, 1.82) is 0 Å². The van der Waals surface area contributed by atoms with Crippen molar-refractivity contribution < 1.29 is 27.5 Å². The molecule has 0 spiro atoms. The first kappa shape index (κ1) is 28.9. The van der Waals surface area contributed by atoms with Crippen molar-refractivity contribution in [2.75, 3.05) is 30.4 Å². The molecule has 202 valence electrons. The molecule has 0 radical (unpaired) electrons. The number of amides is 2. The fourth-order valence-corrected chi connectivity index (χ4v) is 5.51. The van der Waals surface area contributed by atoms with Crippen LogP contribution in [0.1, 0.15) is 38.7 Å². The fourth-order valence-electron chi connectivity index (χ4n) is 4.09. The number of likely N-dealkylation sites (N-methyl/N-ethyl adjacent to an activating group) is 1. The van der Waals surface area contributed by atoms with Crippen molar-refractivity contribution in [3.63, 3.8) is 0 Å². The van der Waals surface area contributed by atoms with Gasteiger partial charge in [-0.25, -0.2) is 8.42 Å². The molecule has 0 unspecified atom stereocenters. The first-order valence-corrected chi connectivity index (χ1v) is 14.5. The molecule has 1 N–H and O–H groups in total. The van der Waals surface area contributed by atoms with Crippen molar-refractivity contribution in [3.05, 3.63) is 52.0 Å². The molecule has 9 nitrogen and oxygen atoms in total. The van der Waals surface area contributed by atoms with Gasteiger partial charge in [0.25, 0.3) is 0 Å². The van der Waals surface area contributed by atoms with Crippen LogP contribution in [0.4, 0.5) is 5.69 Å². The van der Waals surface area contributed by atoms with Crippen molar-refractivity contribution >= 4 is 50.7 Å². The Morgan fingerprint density at radius 3 is 2.46 bits per heavy atom. The van der Waals surface area contributed by atoms with Crippen LogP contribution >= 0.6 is 23.2 Å². The first-order chi connectivity index (χ1) is 17.5. The number of sulfonamides is 1. The lowest BCUT2D eigenvalue weighted by atomic mass is 10.1. The molecule has 3 rings (SSSR count). The summed E-state index contributed by atoms with van der Waals surface area (Å²) in [4.78, 5) is 27.7. The molecule has 1 atom stereocenters. The van der Waals surface area contributed by atoms with Crippen molar-refractivity contribution in [2.45, 2.75) is 45.7 Å². The third-order valence-electron chi connectivity index (χ3n) is 5.89. The maximum Gasteiger partial charge on any atom is 0.242 e. The average Bonchev–Trinajstić information content (AvgIpc) is 3.30. The summed E-state index contributed by atoms with van der Waals surface area (Å²) in [6.07, 6.45) is 1.76. The molecular weight excluding hydrogens is 541 g/mol. The van der Waals surface area contributed by atoms with Crippen LogP contribution in [0.5, 0.6) is 11.5 Å². The minimum absolute atomic E-state index is 0.0255. The van der Waals surface area contributed by atoms with E-state index in [1.165, 1.54) is 9.21 Å². The van der Waals surface area contributed by atoms with E-state index < -0.39 is 16.1 Å². The summed E-state index contributed by atoms with van der Waals surface area (Å²) in [7, 11) is -3.64. The summed E-state index contributed by atoms with van der Waals surface area (Å²) in [6.45, 7) is 4.32. The number of ether oxygens (including phenoxy) is 2. The van der Waals surface area contributed by atoms with Gasteiger partial charge in [0.05, 0.1) is 11.9 Å². The Bertz CT molecular complexity index is 1240. The minimum Gasteiger partial charge on any atom is -0.454 e. The summed E-state index contributed by atoms with van der Waals surface area (Å²) in [5, 5.41) is 3.64. The zero-order valence-electron chi connectivity index (χ0n) is 21.0. The predicted octanol–water partition coefficient (Wildman–Crippen LogP) is 4.21. The highest BCUT2D eigenvalue weighted by molar-refractivity contribution is 7.92. The molecule has 12 heteroatoms. The number of fused-ring (bicyclic) bond motifs is 1. The predicted molar refractivity (Wildman–Crippen MR) is 144 cm³/mol. The van der Waals surface area contributed by atoms with Crippen LogP contribution in [0.15, 0.2) is 36.4 Å². The van der Waals surface area contributed by atoms with Gasteiger partial charge >= 0.3 is 0 Å². The highest BCUT2D eigenvalue weighted by Gasteiger charge is 2.29. The average molecular weight is 573 g/mol. The van der Waals surface area contributed by atoms with Gasteiger partial charge in [-0.15, -0.1) is 0 Å². The highest BCUT2D eigenvalue weighted by atomic mass is 35.5. The molecule has 1 aliphatic rings. The van der Waals surface area contributed by atoms with Crippen LogP contribution in [0.25, 0.3) is 0 Å². The summed E-state index contributed by atoms with van der Waals surface area (Å²) in [6, 6.07) is 9.16. The second-order valence-corrected chi connectivity index (χ2v) is 11.3. The lowest BCUT2D eigenvalue weighted by Crippen LogP contribution is -2.49. The van der Waals surface area contributed by atoms with Gasteiger partial charge in [0.1, 0.15) is 6.04 Å². The van der Waals surface area contributed by atoms with Gasteiger partial charge in [-0.2, -0.15) is 0 Å². The van der Waals surface area contributed by atoms with Crippen LogP contribution in [-0.2, 0) is 26.2 Å². The third kappa shape index (κ3) is 7.43. The monoisotopic (exact) mass is 571 g/mol. The summed E-state index contributed by atoms with van der Waals surface area (Å²) in [5.74, 6) is 0.450. The molecule has 0 saturated heterocycles. The maximum atomic E-state index is 13.4. The van der Waals surface area contributed by atoms with Crippen LogP contribution in [0, 0.1) is 0 Å². The van der Waals surface area contributed by atoms with E-state index in [-0.39, 0.29) is 44.5 Å². The van der Waals surface area contributed by atoms with Gasteiger partial charge in [0.2, 0.25) is 28.6 Å². The van der Waals surface area contributed by atoms with Crippen LogP contribution in [0.3, 0.4) is 0 Å². The molecule has 0 saturated carbocycles. The van der Waals surface area contributed by atoms with E-state index in [0.29, 0.717) is 45.8 Å². The number of nitrogens with zero attached hydrogens (tertiary/aromatic N) is 2. The zero-order chi connectivity index (χ0) is 27.2. The minimum atomic E-state index is -3.64. The van der Waals surface area contributed by atoms with E-state index >= 15 is 0 Å². The largest absolute Gasteiger partial charge is 0.454 e. The summed E-state index contributed by atoms with van der Waals surface area (Å²) < 4.78 is 37.0. The lowest BCUT2D eigenvalue weighted by Gasteiger charge is -2.31. The molecule has 0 bridgehead atoms. The molecule has 2 aromatic carbocycles. The number of anilines is 1. The fraction of sp³-hybridized carbons (Fsp3) is 0.440. The number of benzene rings is 2. The van der Waals surface area contributed by atoms with E-state index in [1.54, 1.807) is 36.4 Å². The molecule has 1 heterocycles. The van der Waals surface area contributed by atoms with E-state index in [9.17, 15) is 18.0 Å². The number of hydrogen-bond acceptors (Lipinski definition) is 6. The van der Waals surface area contributed by atoms with Gasteiger partial charge in [-0.1, -0.05) is 36.2 Å². The Kier molecular flexibility index (Phi) is 9.92. The Balaban J connectivity index is 1.78. The SMILES string of the molecule is CCNC(=O)[C@@H](CC)N(Cc1ccc(Cl)cc1Cl)C(=O)CCCN(c1ccc2c(c1)OCO2)S(C)(=O)=O. The molecule has 0 aromatic heterocycles. The molecule has 2 amide bonds. The van der Waals surface area contributed by atoms with E-state index in [1.807, 2.05) is 13.8 Å². The number of hydrogen-bond donors (Lipinski definition) is 1. The number of halogens is 2. The molecular formula is C25H31Cl2N3O6S.